The zero-order valence-corrected chi connectivity index (χ0v) is 16.8. The first-order valence-electron chi connectivity index (χ1n) is 8.88. The van der Waals surface area contributed by atoms with Gasteiger partial charge in [0, 0.05) is 18.8 Å². The topological polar surface area (TPSA) is 86.5 Å². The van der Waals surface area contributed by atoms with Crippen molar-refractivity contribution in [2.24, 2.45) is 5.73 Å². The number of hydrogen-bond acceptors (Lipinski definition) is 5. The van der Waals surface area contributed by atoms with Crippen molar-refractivity contribution < 1.29 is 14.3 Å². The van der Waals surface area contributed by atoms with Gasteiger partial charge in [-0.2, -0.15) is 0 Å². The molecule has 1 aromatic carbocycles. The number of pyridine rings is 1. The van der Waals surface area contributed by atoms with Crippen LogP contribution in [-0.2, 0) is 11.3 Å². The zero-order chi connectivity index (χ0) is 19.0. The molecule has 0 aliphatic carbocycles. The largest absolute Gasteiger partial charge is 0.490 e. The van der Waals surface area contributed by atoms with Gasteiger partial charge in [0.05, 0.1) is 12.1 Å². The number of nitrogens with one attached hydrogen (secondary N) is 1. The molecule has 0 fully saturated rings. The molecule has 1 unspecified atom stereocenters. The van der Waals surface area contributed by atoms with Crippen LogP contribution in [0.5, 0.6) is 17.4 Å². The van der Waals surface area contributed by atoms with Crippen LogP contribution in [0.25, 0.3) is 0 Å². The second-order valence-electron chi connectivity index (χ2n) is 6.34. The van der Waals surface area contributed by atoms with Gasteiger partial charge >= 0.3 is 0 Å². The molecule has 1 heterocycles. The first kappa shape index (κ1) is 22.7. The summed E-state index contributed by atoms with van der Waals surface area (Å²) in [6.45, 7) is 6.61. The van der Waals surface area contributed by atoms with Crippen molar-refractivity contribution in [2.75, 3.05) is 6.61 Å². The average molecular weight is 394 g/mol. The normalized spacial score (nSPS) is 12.4. The molecule has 0 aliphatic rings. The summed E-state index contributed by atoms with van der Waals surface area (Å²) in [6.07, 6.45) is 3.17. The van der Waals surface area contributed by atoms with Crippen LogP contribution in [0.1, 0.15) is 39.2 Å². The molecule has 148 valence electrons. The van der Waals surface area contributed by atoms with Crippen molar-refractivity contribution in [3.05, 3.63) is 48.2 Å². The van der Waals surface area contributed by atoms with Gasteiger partial charge in [0.2, 0.25) is 11.8 Å². The van der Waals surface area contributed by atoms with E-state index in [-0.39, 0.29) is 18.3 Å². The second-order valence-corrected chi connectivity index (χ2v) is 6.34. The molecule has 0 bridgehead atoms. The lowest BCUT2D eigenvalue weighted by molar-refractivity contribution is -0.126. The highest BCUT2D eigenvalue weighted by molar-refractivity contribution is 5.85. The fourth-order valence-corrected chi connectivity index (χ4v) is 2.51. The molecule has 7 heteroatoms. The van der Waals surface area contributed by atoms with Gasteiger partial charge in [0.15, 0.2) is 11.5 Å². The molecule has 0 aliphatic heterocycles. The number of nitrogens with zero attached hydrogens (tertiary/aromatic N) is 1. The molecular formula is C20H28ClN3O3. The van der Waals surface area contributed by atoms with Crippen molar-refractivity contribution in [1.29, 1.82) is 0 Å². The summed E-state index contributed by atoms with van der Waals surface area (Å²) in [5, 5.41) is 2.85. The molecule has 3 N–H and O–H groups in total. The van der Waals surface area contributed by atoms with E-state index >= 15 is 0 Å². The number of rotatable bonds is 9. The SMILES string of the molecule is CCCC(C)(N)C(=O)NCc1ccc(Oc2ccccc2OCC)nc1.Cl. The summed E-state index contributed by atoms with van der Waals surface area (Å²) < 4.78 is 11.3. The Balaban J connectivity index is 0.00000364. The second kappa shape index (κ2) is 10.7. The monoisotopic (exact) mass is 393 g/mol. The third-order valence-corrected chi connectivity index (χ3v) is 3.90. The van der Waals surface area contributed by atoms with Crippen molar-refractivity contribution in [2.45, 2.75) is 45.7 Å². The van der Waals surface area contributed by atoms with E-state index in [1.165, 1.54) is 0 Å². The molecule has 27 heavy (non-hydrogen) atoms. The van der Waals surface area contributed by atoms with Gasteiger partial charge < -0.3 is 20.5 Å². The minimum absolute atomic E-state index is 0. The van der Waals surface area contributed by atoms with E-state index in [9.17, 15) is 4.79 Å². The van der Waals surface area contributed by atoms with Gasteiger partial charge in [0.1, 0.15) is 0 Å². The third-order valence-electron chi connectivity index (χ3n) is 3.90. The molecular weight excluding hydrogens is 366 g/mol. The van der Waals surface area contributed by atoms with Gasteiger partial charge in [-0.3, -0.25) is 4.79 Å². The maximum absolute atomic E-state index is 12.1. The maximum atomic E-state index is 12.1. The Labute approximate surface area is 166 Å². The van der Waals surface area contributed by atoms with Crippen LogP contribution in [0.15, 0.2) is 42.6 Å². The molecule has 1 aromatic heterocycles. The summed E-state index contributed by atoms with van der Waals surface area (Å²) in [6, 6.07) is 11.1. The Morgan fingerprint density at radius 2 is 1.89 bits per heavy atom. The Hall–Kier alpha value is -2.31. The van der Waals surface area contributed by atoms with Gasteiger partial charge in [-0.25, -0.2) is 4.98 Å². The predicted molar refractivity (Wildman–Crippen MR) is 109 cm³/mol. The van der Waals surface area contributed by atoms with E-state index in [1.54, 1.807) is 19.2 Å². The number of amides is 1. The molecule has 0 radical (unpaired) electrons. The van der Waals surface area contributed by atoms with E-state index < -0.39 is 5.54 Å². The molecule has 0 spiro atoms. The highest BCUT2D eigenvalue weighted by atomic mass is 35.5. The summed E-state index contributed by atoms with van der Waals surface area (Å²) >= 11 is 0. The van der Waals surface area contributed by atoms with Crippen molar-refractivity contribution in [3.63, 3.8) is 0 Å². The number of nitrogens with two attached hydrogens (primary N) is 1. The Bertz CT molecular complexity index is 721. The van der Waals surface area contributed by atoms with Crippen LogP contribution in [0.3, 0.4) is 0 Å². The highest BCUT2D eigenvalue weighted by Crippen LogP contribution is 2.30. The van der Waals surface area contributed by atoms with E-state index in [0.717, 1.165) is 12.0 Å². The van der Waals surface area contributed by atoms with E-state index in [0.29, 0.717) is 37.0 Å². The Morgan fingerprint density at radius 3 is 2.48 bits per heavy atom. The Morgan fingerprint density at radius 1 is 1.19 bits per heavy atom. The van der Waals surface area contributed by atoms with Crippen LogP contribution >= 0.6 is 12.4 Å². The summed E-state index contributed by atoms with van der Waals surface area (Å²) in [4.78, 5) is 16.4. The van der Waals surface area contributed by atoms with Crippen LogP contribution < -0.4 is 20.5 Å². The molecule has 2 aromatic rings. The number of carbonyl (C=O) groups excluding carboxylic acids is 1. The number of carbonyl (C=O) groups is 1. The lowest BCUT2D eigenvalue weighted by atomic mass is 9.96. The van der Waals surface area contributed by atoms with Gasteiger partial charge in [-0.1, -0.05) is 31.5 Å². The third kappa shape index (κ3) is 6.73. The van der Waals surface area contributed by atoms with Crippen LogP contribution in [-0.4, -0.2) is 23.0 Å². The van der Waals surface area contributed by atoms with Gasteiger partial charge in [0.25, 0.3) is 0 Å². The lowest BCUT2D eigenvalue weighted by Gasteiger charge is -2.22. The molecule has 0 saturated carbocycles. The summed E-state index contributed by atoms with van der Waals surface area (Å²) in [5.74, 6) is 1.58. The summed E-state index contributed by atoms with van der Waals surface area (Å²) in [5.41, 5.74) is 6.04. The first-order valence-corrected chi connectivity index (χ1v) is 8.88. The Kier molecular flexibility index (Phi) is 9.05. The number of hydrogen-bond donors (Lipinski definition) is 2. The minimum atomic E-state index is -0.853. The summed E-state index contributed by atoms with van der Waals surface area (Å²) in [7, 11) is 0. The lowest BCUT2D eigenvalue weighted by Crippen LogP contribution is -2.51. The zero-order valence-electron chi connectivity index (χ0n) is 16.0. The quantitative estimate of drug-likeness (QED) is 0.676. The van der Waals surface area contributed by atoms with E-state index in [2.05, 4.69) is 10.3 Å². The van der Waals surface area contributed by atoms with E-state index in [4.69, 9.17) is 15.2 Å². The predicted octanol–water partition coefficient (Wildman–Crippen LogP) is 3.83. The van der Waals surface area contributed by atoms with Crippen molar-refractivity contribution >= 4 is 18.3 Å². The number of halogens is 1. The molecule has 1 amide bonds. The standard InChI is InChI=1S/C20H27N3O3.ClH/c1-4-12-20(3,21)19(24)23-14-15-10-11-18(22-13-15)26-17-9-7-6-8-16(17)25-5-2;/h6-11,13H,4-5,12,14,21H2,1-3H3,(H,23,24);1H. The molecule has 0 saturated heterocycles. The number of para-hydroxylation sites is 2. The van der Waals surface area contributed by atoms with Crippen LogP contribution in [0.2, 0.25) is 0 Å². The highest BCUT2D eigenvalue weighted by Gasteiger charge is 2.26. The molecule has 6 nitrogen and oxygen atoms in total. The van der Waals surface area contributed by atoms with Gasteiger partial charge in [-0.15, -0.1) is 12.4 Å². The molecule has 1 atom stereocenters. The maximum Gasteiger partial charge on any atom is 0.240 e. The number of ether oxygens (including phenoxy) is 2. The van der Waals surface area contributed by atoms with E-state index in [1.807, 2.05) is 44.2 Å². The number of aromatic nitrogens is 1. The number of benzene rings is 1. The van der Waals surface area contributed by atoms with Gasteiger partial charge in [-0.05, 0) is 38.0 Å². The average Bonchev–Trinajstić information content (AvgIpc) is 2.62. The minimum Gasteiger partial charge on any atom is -0.490 e. The smallest absolute Gasteiger partial charge is 0.240 e. The van der Waals surface area contributed by atoms with Crippen LogP contribution in [0, 0.1) is 0 Å². The van der Waals surface area contributed by atoms with Crippen LogP contribution in [0.4, 0.5) is 0 Å². The van der Waals surface area contributed by atoms with Crippen molar-refractivity contribution in [1.82, 2.24) is 10.3 Å². The first-order chi connectivity index (χ1) is 12.5. The fourth-order valence-electron chi connectivity index (χ4n) is 2.51. The fraction of sp³-hybridized carbons (Fsp3) is 0.400. The van der Waals surface area contributed by atoms with Crippen molar-refractivity contribution in [3.8, 4) is 17.4 Å². The molecule has 2 rings (SSSR count).